The summed E-state index contributed by atoms with van der Waals surface area (Å²) in [5.74, 6) is 0. The summed E-state index contributed by atoms with van der Waals surface area (Å²) in [6.45, 7) is 0. The Kier molecular flexibility index (Phi) is 5.10. The lowest BCUT2D eigenvalue weighted by Gasteiger charge is -2.11. The van der Waals surface area contributed by atoms with Crippen molar-refractivity contribution in [1.29, 1.82) is 0 Å². The quantitative estimate of drug-likeness (QED) is 0.488. The second-order valence-electron chi connectivity index (χ2n) is 7.17. The largest absolute Gasteiger partial charge is 1.00 e. The lowest BCUT2D eigenvalue weighted by molar-refractivity contribution is -0.342. The van der Waals surface area contributed by atoms with Crippen molar-refractivity contribution >= 4 is 43.8 Å². The van der Waals surface area contributed by atoms with E-state index in [0.717, 1.165) is 44.4 Å². The van der Waals surface area contributed by atoms with E-state index in [1.807, 2.05) is 48.8 Å². The molecule has 1 aromatic heterocycles. The molecule has 150 valence electrons. The molecule has 0 radical (unpaired) electrons. The van der Waals surface area contributed by atoms with Gasteiger partial charge in [0.1, 0.15) is 0 Å². The van der Waals surface area contributed by atoms with Crippen molar-refractivity contribution in [3.05, 3.63) is 95.7 Å². The second kappa shape index (κ2) is 7.59. The van der Waals surface area contributed by atoms with Crippen molar-refractivity contribution in [3.8, 4) is 0 Å². The molecule has 0 saturated heterocycles. The molecule has 0 fully saturated rings. The van der Waals surface area contributed by atoms with Crippen LogP contribution < -0.4 is 17.4 Å². The average Bonchev–Trinajstić information content (AvgIpc) is 3.34. The van der Waals surface area contributed by atoms with Crippen molar-refractivity contribution in [2.45, 2.75) is 4.90 Å². The van der Waals surface area contributed by atoms with Gasteiger partial charge in [0, 0.05) is 40.6 Å². The summed E-state index contributed by atoms with van der Waals surface area (Å²) in [5.41, 5.74) is 7.43. The Bertz CT molecular complexity index is 1420. The maximum Gasteiger partial charge on any atom is 0.211 e. The summed E-state index contributed by atoms with van der Waals surface area (Å²) in [4.78, 5) is 7.03. The van der Waals surface area contributed by atoms with Crippen LogP contribution in [0.25, 0.3) is 22.0 Å². The van der Waals surface area contributed by atoms with Gasteiger partial charge in [0.2, 0.25) is 5.69 Å². The molecule has 0 bridgehead atoms. The molecule has 1 aliphatic rings. The first kappa shape index (κ1) is 20.1. The van der Waals surface area contributed by atoms with E-state index in [-0.39, 0.29) is 12.4 Å². The highest BCUT2D eigenvalue weighted by molar-refractivity contribution is 7.90. The van der Waals surface area contributed by atoms with Crippen molar-refractivity contribution in [3.63, 3.8) is 0 Å². The van der Waals surface area contributed by atoms with Crippen LogP contribution in [-0.4, -0.2) is 25.9 Å². The minimum Gasteiger partial charge on any atom is -1.00 e. The van der Waals surface area contributed by atoms with Crippen LogP contribution in [0.15, 0.2) is 83.9 Å². The molecule has 2 N–H and O–H groups in total. The lowest BCUT2D eigenvalue weighted by atomic mass is 9.90. The number of sulfone groups is 1. The molecule has 2 heterocycles. The number of hydrogen-bond acceptors (Lipinski definition) is 2. The van der Waals surface area contributed by atoms with E-state index in [1.165, 1.54) is 6.26 Å². The first-order chi connectivity index (χ1) is 14.0. The van der Waals surface area contributed by atoms with Crippen LogP contribution in [0.4, 0.5) is 5.69 Å². The Morgan fingerprint density at radius 2 is 1.60 bits per heavy atom. The monoisotopic (exact) mass is 434 g/mol. The number of aromatic nitrogens is 1. The molecular formula is C24H19ClN2O2S. The molecule has 0 unspecified atom stereocenters. The average molecular weight is 435 g/mol. The predicted octanol–water partition coefficient (Wildman–Crippen LogP) is 0.331. The van der Waals surface area contributed by atoms with E-state index in [4.69, 9.17) is 0 Å². The van der Waals surface area contributed by atoms with Crippen LogP contribution in [-0.2, 0) is 9.84 Å². The third-order valence-electron chi connectivity index (χ3n) is 5.29. The summed E-state index contributed by atoms with van der Waals surface area (Å²) in [6.07, 6.45) is 5.27. The first-order valence-electron chi connectivity index (χ1n) is 9.33. The highest BCUT2D eigenvalue weighted by Gasteiger charge is 2.25. The van der Waals surface area contributed by atoms with E-state index in [0.29, 0.717) is 4.90 Å². The normalized spacial score (nSPS) is 14.4. The summed E-state index contributed by atoms with van der Waals surface area (Å²) in [7, 11) is -3.24. The van der Waals surface area contributed by atoms with E-state index in [1.54, 1.807) is 12.1 Å². The van der Waals surface area contributed by atoms with E-state index in [9.17, 15) is 8.42 Å². The van der Waals surface area contributed by atoms with Gasteiger partial charge in [0.05, 0.1) is 16.0 Å². The van der Waals surface area contributed by atoms with Gasteiger partial charge in [-0.05, 0) is 29.8 Å². The van der Waals surface area contributed by atoms with Gasteiger partial charge in [-0.2, -0.15) is 0 Å². The molecule has 4 aromatic rings. The van der Waals surface area contributed by atoms with E-state index < -0.39 is 9.84 Å². The van der Waals surface area contributed by atoms with Gasteiger partial charge >= 0.3 is 0 Å². The molecule has 3 aromatic carbocycles. The maximum absolute atomic E-state index is 11.9. The number of fused-ring (bicyclic) bond motifs is 2. The van der Waals surface area contributed by atoms with Gasteiger partial charge in [-0.3, -0.25) is 0 Å². The molecule has 5 rings (SSSR count). The summed E-state index contributed by atoms with van der Waals surface area (Å²) in [5, 5.41) is 1.12. The zero-order valence-corrected chi connectivity index (χ0v) is 17.8. The van der Waals surface area contributed by atoms with E-state index >= 15 is 0 Å². The van der Waals surface area contributed by atoms with Crippen LogP contribution in [0.5, 0.6) is 0 Å². The third kappa shape index (κ3) is 3.36. The SMILES string of the molecule is CS(=O)(=O)c1ccc(C(=C2C=[NH+]c3ccccc32)c2c[nH]c3ccccc23)cc1.[Cl-]. The standard InChI is InChI=1S/C24H18N2O2S.ClH/c1-29(27,28)17-12-10-16(11-13-17)24(20-14-25-22-8-4-2-6-18(20)22)21-15-26-23-9-5-3-7-19(21)23;/h2-15,25H,1H3;1H. The number of benzene rings is 3. The van der Waals surface area contributed by atoms with Gasteiger partial charge in [0.25, 0.3) is 0 Å². The van der Waals surface area contributed by atoms with Crippen molar-refractivity contribution in [1.82, 2.24) is 4.98 Å². The molecule has 0 saturated carbocycles. The molecule has 1 aliphatic heterocycles. The maximum atomic E-state index is 11.9. The van der Waals surface area contributed by atoms with Crippen LogP contribution >= 0.6 is 0 Å². The van der Waals surface area contributed by atoms with Gasteiger partial charge in [-0.1, -0.05) is 42.5 Å². The van der Waals surface area contributed by atoms with Gasteiger partial charge in [0.15, 0.2) is 16.1 Å². The van der Waals surface area contributed by atoms with Crippen LogP contribution in [0.3, 0.4) is 0 Å². The number of H-pyrrole nitrogens is 1. The number of nitrogens with one attached hydrogen (secondary N) is 2. The second-order valence-corrected chi connectivity index (χ2v) is 9.18. The number of rotatable bonds is 3. The number of aromatic amines is 1. The van der Waals surface area contributed by atoms with Crippen LogP contribution in [0, 0.1) is 0 Å². The number of para-hydroxylation sites is 2. The van der Waals surface area contributed by atoms with Gasteiger partial charge in [-0.25, -0.2) is 13.4 Å². The van der Waals surface area contributed by atoms with Gasteiger partial charge in [-0.15, -0.1) is 0 Å². The molecule has 4 nitrogen and oxygen atoms in total. The fraction of sp³-hybridized carbons (Fsp3) is 0.0417. The fourth-order valence-electron chi connectivity index (χ4n) is 3.88. The summed E-state index contributed by atoms with van der Waals surface area (Å²) in [6, 6.07) is 23.5. The predicted molar refractivity (Wildman–Crippen MR) is 117 cm³/mol. The minimum atomic E-state index is -3.24. The molecule has 0 spiro atoms. The highest BCUT2D eigenvalue weighted by Crippen LogP contribution is 2.37. The Hall–Kier alpha value is -3.15. The molecule has 6 heteroatoms. The topological polar surface area (TPSA) is 63.9 Å². The summed E-state index contributed by atoms with van der Waals surface area (Å²) < 4.78 is 23.8. The Balaban J connectivity index is 0.00000218. The number of halogens is 1. The van der Waals surface area contributed by atoms with Crippen molar-refractivity contribution < 1.29 is 25.8 Å². The smallest absolute Gasteiger partial charge is 0.211 e. The Morgan fingerprint density at radius 1 is 0.900 bits per heavy atom. The first-order valence-corrected chi connectivity index (χ1v) is 11.2. The van der Waals surface area contributed by atoms with Crippen LogP contribution in [0.2, 0.25) is 0 Å². The minimum absolute atomic E-state index is 0. The Labute approximate surface area is 181 Å². The fourth-order valence-corrected chi connectivity index (χ4v) is 4.51. The van der Waals surface area contributed by atoms with E-state index in [2.05, 4.69) is 34.2 Å². The molecule has 0 amide bonds. The zero-order chi connectivity index (χ0) is 20.0. The van der Waals surface area contributed by atoms with Crippen molar-refractivity contribution in [2.24, 2.45) is 0 Å². The number of allylic oxidation sites excluding steroid dienone is 1. The molecular weight excluding hydrogens is 416 g/mol. The Morgan fingerprint density at radius 3 is 2.37 bits per heavy atom. The molecule has 0 aliphatic carbocycles. The zero-order valence-electron chi connectivity index (χ0n) is 16.2. The van der Waals surface area contributed by atoms with Crippen LogP contribution in [0.1, 0.15) is 16.7 Å². The molecule has 30 heavy (non-hydrogen) atoms. The number of hydrogen-bond donors (Lipinski definition) is 2. The highest BCUT2D eigenvalue weighted by atomic mass is 35.5. The lowest BCUT2D eigenvalue weighted by Crippen LogP contribution is -3.00. The van der Waals surface area contributed by atoms with Crippen molar-refractivity contribution in [2.75, 3.05) is 6.26 Å². The summed E-state index contributed by atoms with van der Waals surface area (Å²) >= 11 is 0. The third-order valence-corrected chi connectivity index (χ3v) is 6.42. The molecule has 0 atom stereocenters. The van der Waals surface area contributed by atoms with Gasteiger partial charge < -0.3 is 17.4 Å².